The Morgan fingerprint density at radius 2 is 1.74 bits per heavy atom. The lowest BCUT2D eigenvalue weighted by Crippen LogP contribution is -2.32. The number of pyridine rings is 1. The van der Waals surface area contributed by atoms with Gasteiger partial charge in [-0.25, -0.2) is 9.59 Å². The Balaban J connectivity index is 2.30. The smallest absolute Gasteiger partial charge is 0.336 e. The van der Waals surface area contributed by atoms with Crippen molar-refractivity contribution in [2.75, 3.05) is 13.7 Å². The predicted octanol–water partition coefficient (Wildman–Crippen LogP) is 3.21. The number of nitrogens with zero attached hydrogens (tertiary/aromatic N) is 1. The fraction of sp³-hybridized carbons (Fsp3) is 0.286. The maximum absolute atomic E-state index is 12.8. The van der Waals surface area contributed by atoms with Crippen molar-refractivity contribution in [3.63, 3.8) is 0 Å². The molecule has 0 saturated carbocycles. The lowest BCUT2D eigenvalue weighted by Gasteiger charge is -2.30. The number of allylic oxidation sites excluding steroid dienone is 2. The zero-order chi connectivity index (χ0) is 19.6. The number of rotatable bonds is 4. The van der Waals surface area contributed by atoms with Crippen LogP contribution in [-0.4, -0.2) is 30.6 Å². The van der Waals surface area contributed by atoms with Crippen LogP contribution in [0.3, 0.4) is 0 Å². The molecule has 3 rings (SSSR count). The number of nitrogens with one attached hydrogen (secondary N) is 1. The minimum atomic E-state index is -0.606. The topological polar surface area (TPSA) is 77.5 Å². The molecular weight excluding hydrogens is 344 g/mol. The second kappa shape index (κ2) is 7.61. The van der Waals surface area contributed by atoms with Crippen LogP contribution < -0.4 is 5.32 Å². The van der Waals surface area contributed by atoms with Crippen molar-refractivity contribution >= 4 is 22.8 Å². The fourth-order valence-electron chi connectivity index (χ4n) is 3.53. The largest absolute Gasteiger partial charge is 0.466 e. The number of ether oxygens (including phenoxy) is 2. The third-order valence-corrected chi connectivity index (χ3v) is 4.65. The zero-order valence-electron chi connectivity index (χ0n) is 15.8. The number of esters is 2. The highest BCUT2D eigenvalue weighted by atomic mass is 16.5. The number of para-hydroxylation sites is 1. The lowest BCUT2D eigenvalue weighted by molar-refractivity contribution is -0.139. The van der Waals surface area contributed by atoms with Crippen LogP contribution in [0.4, 0.5) is 0 Å². The zero-order valence-corrected chi connectivity index (χ0v) is 15.8. The highest BCUT2D eigenvalue weighted by molar-refractivity contribution is 6.01. The van der Waals surface area contributed by atoms with Gasteiger partial charge in [-0.2, -0.15) is 0 Å². The second-order valence-electron chi connectivity index (χ2n) is 6.26. The Morgan fingerprint density at radius 3 is 2.41 bits per heavy atom. The van der Waals surface area contributed by atoms with Crippen LogP contribution in [0.25, 0.3) is 10.9 Å². The minimum Gasteiger partial charge on any atom is -0.466 e. The molecule has 27 heavy (non-hydrogen) atoms. The summed E-state index contributed by atoms with van der Waals surface area (Å²) in [6, 6.07) is 9.47. The van der Waals surface area contributed by atoms with Gasteiger partial charge in [0, 0.05) is 23.0 Å². The number of fused-ring (bicyclic) bond motifs is 1. The SMILES string of the molecule is CCOC(=O)C1=C(C)NC(C)=C(C(=O)OC)C1c1ccnc2ccccc12. The van der Waals surface area contributed by atoms with Crippen LogP contribution >= 0.6 is 0 Å². The second-order valence-corrected chi connectivity index (χ2v) is 6.26. The number of benzene rings is 1. The number of hydrogen-bond acceptors (Lipinski definition) is 6. The molecule has 1 N–H and O–H groups in total. The van der Waals surface area contributed by atoms with Gasteiger partial charge >= 0.3 is 11.9 Å². The van der Waals surface area contributed by atoms with Gasteiger partial charge in [0.1, 0.15) is 0 Å². The number of dihydropyridines is 1. The third-order valence-electron chi connectivity index (χ3n) is 4.65. The first-order valence-electron chi connectivity index (χ1n) is 8.77. The van der Waals surface area contributed by atoms with Gasteiger partial charge in [0.25, 0.3) is 0 Å². The Bertz CT molecular complexity index is 970. The normalized spacial score (nSPS) is 17.0. The molecule has 1 aromatic heterocycles. The molecule has 2 aromatic rings. The molecule has 0 aliphatic carbocycles. The maximum Gasteiger partial charge on any atom is 0.336 e. The summed E-state index contributed by atoms with van der Waals surface area (Å²) in [5, 5.41) is 3.99. The summed E-state index contributed by atoms with van der Waals surface area (Å²) in [6.07, 6.45) is 1.68. The van der Waals surface area contributed by atoms with Crippen molar-refractivity contribution in [2.24, 2.45) is 0 Å². The first-order chi connectivity index (χ1) is 13.0. The van der Waals surface area contributed by atoms with E-state index in [-0.39, 0.29) is 6.61 Å². The van der Waals surface area contributed by atoms with Crippen LogP contribution in [0.15, 0.2) is 59.1 Å². The third kappa shape index (κ3) is 3.30. The molecule has 1 atom stereocenters. The van der Waals surface area contributed by atoms with E-state index >= 15 is 0 Å². The average Bonchev–Trinajstić information content (AvgIpc) is 2.66. The van der Waals surface area contributed by atoms with E-state index in [9.17, 15) is 9.59 Å². The molecule has 0 fully saturated rings. The molecule has 0 amide bonds. The van der Waals surface area contributed by atoms with E-state index in [2.05, 4.69) is 10.3 Å². The first-order valence-corrected chi connectivity index (χ1v) is 8.77. The molecule has 0 spiro atoms. The summed E-state index contributed by atoms with van der Waals surface area (Å²) in [5.41, 5.74) is 3.70. The fourth-order valence-corrected chi connectivity index (χ4v) is 3.53. The predicted molar refractivity (Wildman–Crippen MR) is 102 cm³/mol. The summed E-state index contributed by atoms with van der Waals surface area (Å²) < 4.78 is 10.3. The standard InChI is InChI=1S/C21H22N2O4/c1-5-27-21(25)18-13(3)23-12(2)17(20(24)26-4)19(18)15-10-11-22-16-9-7-6-8-14(15)16/h6-11,19,23H,5H2,1-4H3. The van der Waals surface area contributed by atoms with Crippen molar-refractivity contribution in [3.8, 4) is 0 Å². The molecule has 1 aromatic carbocycles. The summed E-state index contributed by atoms with van der Waals surface area (Å²) in [5.74, 6) is -1.55. The van der Waals surface area contributed by atoms with Crippen molar-refractivity contribution in [3.05, 3.63) is 64.6 Å². The molecule has 2 heterocycles. The first kappa shape index (κ1) is 18.6. The van der Waals surface area contributed by atoms with E-state index in [4.69, 9.17) is 9.47 Å². The van der Waals surface area contributed by atoms with Crippen LogP contribution in [0.1, 0.15) is 32.3 Å². The highest BCUT2D eigenvalue weighted by Gasteiger charge is 2.38. The van der Waals surface area contributed by atoms with Gasteiger partial charge < -0.3 is 14.8 Å². The molecule has 6 heteroatoms. The highest BCUT2D eigenvalue weighted by Crippen LogP contribution is 2.41. The maximum atomic E-state index is 12.8. The van der Waals surface area contributed by atoms with Crippen molar-refractivity contribution < 1.29 is 19.1 Å². The van der Waals surface area contributed by atoms with Crippen LogP contribution in [-0.2, 0) is 19.1 Å². The molecule has 1 unspecified atom stereocenters. The minimum absolute atomic E-state index is 0.246. The summed E-state index contributed by atoms with van der Waals surface area (Å²) >= 11 is 0. The van der Waals surface area contributed by atoms with E-state index in [0.29, 0.717) is 22.5 Å². The van der Waals surface area contributed by atoms with Gasteiger partial charge in [0.15, 0.2) is 0 Å². The number of carbonyl (C=O) groups is 2. The number of carbonyl (C=O) groups excluding carboxylic acids is 2. The average molecular weight is 366 g/mol. The summed E-state index contributed by atoms with van der Waals surface area (Å²) in [6.45, 7) is 5.60. The van der Waals surface area contributed by atoms with Gasteiger partial charge in [-0.05, 0) is 38.5 Å². The molecule has 1 aliphatic heterocycles. The summed E-state index contributed by atoms with van der Waals surface area (Å²) in [7, 11) is 1.33. The summed E-state index contributed by atoms with van der Waals surface area (Å²) in [4.78, 5) is 29.8. The van der Waals surface area contributed by atoms with Gasteiger partial charge in [0.05, 0.1) is 36.3 Å². The van der Waals surface area contributed by atoms with Crippen LogP contribution in [0, 0.1) is 0 Å². The number of aromatic nitrogens is 1. The number of methoxy groups -OCH3 is 1. The van der Waals surface area contributed by atoms with Gasteiger partial charge in [-0.1, -0.05) is 18.2 Å². The number of hydrogen-bond donors (Lipinski definition) is 1. The molecule has 0 bridgehead atoms. The lowest BCUT2D eigenvalue weighted by atomic mass is 9.79. The van der Waals surface area contributed by atoms with Crippen LogP contribution in [0.2, 0.25) is 0 Å². The van der Waals surface area contributed by atoms with E-state index in [1.807, 2.05) is 30.3 Å². The van der Waals surface area contributed by atoms with E-state index < -0.39 is 17.9 Å². The van der Waals surface area contributed by atoms with Crippen molar-refractivity contribution in [2.45, 2.75) is 26.7 Å². The van der Waals surface area contributed by atoms with E-state index in [0.717, 1.165) is 16.5 Å². The monoisotopic (exact) mass is 366 g/mol. The Kier molecular flexibility index (Phi) is 5.26. The molecule has 140 valence electrons. The van der Waals surface area contributed by atoms with Crippen molar-refractivity contribution in [1.82, 2.24) is 10.3 Å². The van der Waals surface area contributed by atoms with Gasteiger partial charge in [-0.3, -0.25) is 4.98 Å². The molecule has 6 nitrogen and oxygen atoms in total. The van der Waals surface area contributed by atoms with Gasteiger partial charge in [-0.15, -0.1) is 0 Å². The Hall–Kier alpha value is -3.15. The molecule has 0 radical (unpaired) electrons. The van der Waals surface area contributed by atoms with Crippen molar-refractivity contribution in [1.29, 1.82) is 0 Å². The Labute approximate surface area is 157 Å². The van der Waals surface area contributed by atoms with E-state index in [1.54, 1.807) is 27.0 Å². The van der Waals surface area contributed by atoms with Crippen LogP contribution in [0.5, 0.6) is 0 Å². The molecular formula is C21H22N2O4. The van der Waals surface area contributed by atoms with E-state index in [1.165, 1.54) is 7.11 Å². The van der Waals surface area contributed by atoms with Gasteiger partial charge in [0.2, 0.25) is 0 Å². The Morgan fingerprint density at radius 1 is 1.07 bits per heavy atom. The quantitative estimate of drug-likeness (QED) is 0.838. The molecule has 0 saturated heterocycles. The molecule has 1 aliphatic rings.